The summed E-state index contributed by atoms with van der Waals surface area (Å²) in [5, 5.41) is 0. The van der Waals surface area contributed by atoms with E-state index in [1.165, 1.54) is 17.7 Å². The van der Waals surface area contributed by atoms with Crippen LogP contribution in [0.25, 0.3) is 0 Å². The molecular formula is C20H27NO4S. The van der Waals surface area contributed by atoms with Crippen LogP contribution in [0.2, 0.25) is 0 Å². The van der Waals surface area contributed by atoms with E-state index in [9.17, 15) is 8.42 Å². The van der Waals surface area contributed by atoms with E-state index in [1.54, 1.807) is 12.1 Å². The van der Waals surface area contributed by atoms with Gasteiger partial charge in [-0.2, -0.15) is 0 Å². The lowest BCUT2D eigenvalue weighted by atomic mass is 10.1. The first-order valence-electron chi connectivity index (χ1n) is 8.66. The quantitative estimate of drug-likeness (QED) is 0.712. The number of rotatable bonds is 8. The third-order valence-corrected chi connectivity index (χ3v) is 5.23. The predicted octanol–water partition coefficient (Wildman–Crippen LogP) is 3.76. The van der Waals surface area contributed by atoms with Gasteiger partial charge in [-0.15, -0.1) is 0 Å². The number of sulfonamides is 1. The van der Waals surface area contributed by atoms with Crippen LogP contribution in [0.5, 0.6) is 11.5 Å². The van der Waals surface area contributed by atoms with Gasteiger partial charge in [-0.3, -0.25) is 0 Å². The maximum Gasteiger partial charge on any atom is 0.240 e. The highest BCUT2D eigenvalue weighted by Gasteiger charge is 2.14. The van der Waals surface area contributed by atoms with Crippen LogP contribution in [-0.2, 0) is 10.0 Å². The summed E-state index contributed by atoms with van der Waals surface area (Å²) in [5.74, 6) is 1.46. The second-order valence-corrected chi connectivity index (χ2v) is 8.38. The van der Waals surface area contributed by atoms with Crippen LogP contribution in [-0.4, -0.2) is 27.7 Å². The topological polar surface area (TPSA) is 64.6 Å². The average Bonchev–Trinajstić information content (AvgIpc) is 2.53. The lowest BCUT2D eigenvalue weighted by molar-refractivity contribution is 0.242. The molecule has 0 aliphatic rings. The SMILES string of the molecule is Cc1cc(C)c(OCCNS(=O)(=O)c2ccc(OC(C)C)cc2)c(C)c1. The van der Waals surface area contributed by atoms with E-state index >= 15 is 0 Å². The Morgan fingerprint density at radius 2 is 1.58 bits per heavy atom. The first-order chi connectivity index (χ1) is 12.2. The Balaban J connectivity index is 1.92. The summed E-state index contributed by atoms with van der Waals surface area (Å²) in [6, 6.07) is 10.5. The molecule has 2 aromatic carbocycles. The van der Waals surface area contributed by atoms with Crippen molar-refractivity contribution in [1.82, 2.24) is 4.72 Å². The highest BCUT2D eigenvalue weighted by molar-refractivity contribution is 7.89. The second kappa shape index (κ2) is 8.56. The zero-order valence-electron chi connectivity index (χ0n) is 16.0. The Bertz CT molecular complexity index is 820. The van der Waals surface area contributed by atoms with E-state index in [4.69, 9.17) is 9.47 Å². The van der Waals surface area contributed by atoms with E-state index in [0.29, 0.717) is 5.75 Å². The molecule has 0 saturated carbocycles. The Morgan fingerprint density at radius 1 is 1.00 bits per heavy atom. The molecule has 0 aliphatic carbocycles. The molecular weight excluding hydrogens is 350 g/mol. The fourth-order valence-corrected chi connectivity index (χ4v) is 3.79. The smallest absolute Gasteiger partial charge is 0.240 e. The van der Waals surface area contributed by atoms with Crippen molar-refractivity contribution >= 4 is 10.0 Å². The summed E-state index contributed by atoms with van der Waals surface area (Å²) >= 11 is 0. The highest BCUT2D eigenvalue weighted by Crippen LogP contribution is 2.24. The third-order valence-electron chi connectivity index (χ3n) is 3.75. The van der Waals surface area contributed by atoms with Crippen LogP contribution in [0, 0.1) is 20.8 Å². The molecule has 0 atom stereocenters. The Hall–Kier alpha value is -2.05. The van der Waals surface area contributed by atoms with Crippen LogP contribution in [0.1, 0.15) is 30.5 Å². The maximum atomic E-state index is 12.3. The number of hydrogen-bond donors (Lipinski definition) is 1. The molecule has 0 aromatic heterocycles. The average molecular weight is 378 g/mol. The molecule has 0 aliphatic heterocycles. The minimum absolute atomic E-state index is 0.0430. The molecule has 6 heteroatoms. The van der Waals surface area contributed by atoms with Gasteiger partial charge in [0.25, 0.3) is 0 Å². The zero-order valence-corrected chi connectivity index (χ0v) is 16.8. The standard InChI is InChI=1S/C20H27NO4S/c1-14(2)25-18-6-8-19(9-7-18)26(22,23)21-10-11-24-20-16(4)12-15(3)13-17(20)5/h6-9,12-14,21H,10-11H2,1-5H3. The van der Waals surface area contributed by atoms with Crippen molar-refractivity contribution in [2.75, 3.05) is 13.2 Å². The summed E-state index contributed by atoms with van der Waals surface area (Å²) in [4.78, 5) is 0.205. The van der Waals surface area contributed by atoms with Crippen LogP contribution >= 0.6 is 0 Å². The van der Waals surface area contributed by atoms with Crippen molar-refractivity contribution in [1.29, 1.82) is 0 Å². The number of hydrogen-bond acceptors (Lipinski definition) is 4. The fraction of sp³-hybridized carbons (Fsp3) is 0.400. The van der Waals surface area contributed by atoms with Gasteiger partial charge in [-0.25, -0.2) is 13.1 Å². The summed E-state index contributed by atoms with van der Waals surface area (Å²) in [6.45, 7) is 10.3. The lowest BCUT2D eigenvalue weighted by Gasteiger charge is -2.14. The largest absolute Gasteiger partial charge is 0.492 e. The molecule has 142 valence electrons. The molecule has 0 heterocycles. The normalized spacial score (nSPS) is 11.6. The molecule has 5 nitrogen and oxygen atoms in total. The third kappa shape index (κ3) is 5.47. The number of nitrogens with one attached hydrogen (secondary N) is 1. The van der Waals surface area contributed by atoms with Crippen molar-refractivity contribution in [3.63, 3.8) is 0 Å². The molecule has 0 radical (unpaired) electrons. The Kier molecular flexibility index (Phi) is 6.67. The van der Waals surface area contributed by atoms with Gasteiger partial charge in [0.15, 0.2) is 0 Å². The molecule has 0 saturated heterocycles. The number of aryl methyl sites for hydroxylation is 3. The number of ether oxygens (including phenoxy) is 2. The summed E-state index contributed by atoms with van der Waals surface area (Å²) < 4.78 is 38.6. The maximum absolute atomic E-state index is 12.3. The van der Waals surface area contributed by atoms with Gasteiger partial charge in [-0.1, -0.05) is 17.7 Å². The van der Waals surface area contributed by atoms with E-state index in [0.717, 1.165) is 16.9 Å². The molecule has 2 rings (SSSR count). The van der Waals surface area contributed by atoms with Gasteiger partial charge in [0, 0.05) is 6.54 Å². The second-order valence-electron chi connectivity index (χ2n) is 6.61. The molecule has 26 heavy (non-hydrogen) atoms. The molecule has 1 N–H and O–H groups in total. The predicted molar refractivity (Wildman–Crippen MR) is 104 cm³/mol. The lowest BCUT2D eigenvalue weighted by Crippen LogP contribution is -2.28. The molecule has 0 amide bonds. The van der Waals surface area contributed by atoms with E-state index in [2.05, 4.69) is 4.72 Å². The first-order valence-corrected chi connectivity index (χ1v) is 10.1. The Labute approximate surface area is 156 Å². The molecule has 0 fully saturated rings. The number of benzene rings is 2. The van der Waals surface area contributed by atoms with Gasteiger partial charge in [0.05, 0.1) is 11.0 Å². The van der Waals surface area contributed by atoms with E-state index in [-0.39, 0.29) is 24.2 Å². The van der Waals surface area contributed by atoms with E-state index < -0.39 is 10.0 Å². The molecule has 0 unspecified atom stereocenters. The zero-order chi connectivity index (χ0) is 19.3. The minimum Gasteiger partial charge on any atom is -0.492 e. The summed E-state index contributed by atoms with van der Waals surface area (Å²) in [6.07, 6.45) is 0.0430. The monoisotopic (exact) mass is 377 g/mol. The fourth-order valence-electron chi connectivity index (χ4n) is 2.78. The van der Waals surface area contributed by atoms with E-state index in [1.807, 2.05) is 46.8 Å². The Morgan fingerprint density at radius 3 is 2.12 bits per heavy atom. The van der Waals surface area contributed by atoms with Crippen molar-refractivity contribution in [2.24, 2.45) is 0 Å². The van der Waals surface area contributed by atoms with Crippen molar-refractivity contribution < 1.29 is 17.9 Å². The van der Waals surface area contributed by atoms with Gasteiger partial charge in [0.2, 0.25) is 10.0 Å². The van der Waals surface area contributed by atoms with Gasteiger partial charge in [-0.05, 0) is 70.0 Å². The molecule has 0 spiro atoms. The van der Waals surface area contributed by atoms with Crippen LogP contribution in [0.3, 0.4) is 0 Å². The summed E-state index contributed by atoms with van der Waals surface area (Å²) in [7, 11) is -3.57. The van der Waals surface area contributed by atoms with Crippen LogP contribution in [0.4, 0.5) is 0 Å². The van der Waals surface area contributed by atoms with Crippen LogP contribution in [0.15, 0.2) is 41.3 Å². The molecule has 0 bridgehead atoms. The first kappa shape index (κ1) is 20.3. The van der Waals surface area contributed by atoms with Crippen molar-refractivity contribution in [2.45, 2.75) is 45.6 Å². The molecule has 2 aromatic rings. The van der Waals surface area contributed by atoms with Crippen molar-refractivity contribution in [3.05, 3.63) is 53.1 Å². The van der Waals surface area contributed by atoms with Gasteiger partial charge in [0.1, 0.15) is 18.1 Å². The summed E-state index contributed by atoms with van der Waals surface area (Å²) in [5.41, 5.74) is 3.27. The van der Waals surface area contributed by atoms with Gasteiger partial charge < -0.3 is 9.47 Å². The van der Waals surface area contributed by atoms with Gasteiger partial charge >= 0.3 is 0 Å². The van der Waals surface area contributed by atoms with Crippen LogP contribution < -0.4 is 14.2 Å². The highest BCUT2D eigenvalue weighted by atomic mass is 32.2. The minimum atomic E-state index is -3.57. The van der Waals surface area contributed by atoms with Crippen molar-refractivity contribution in [3.8, 4) is 11.5 Å².